The van der Waals surface area contributed by atoms with Crippen molar-refractivity contribution in [3.63, 3.8) is 0 Å². The smallest absolute Gasteiger partial charge is 0.339 e. The molecule has 15 heavy (non-hydrogen) atoms. The second kappa shape index (κ2) is 4.27. The highest BCUT2D eigenvalue weighted by atomic mass is 35.5. The topological polar surface area (TPSA) is 81.8 Å². The molecule has 1 aromatic carbocycles. The van der Waals surface area contributed by atoms with Crippen LogP contribution < -0.4 is 15.2 Å². The summed E-state index contributed by atoms with van der Waals surface area (Å²) in [5.41, 5.74) is 5.34. The monoisotopic (exact) mass is 231 g/mol. The molecule has 0 atom stereocenters. The number of nitrogen functional groups attached to an aromatic ring is 1. The summed E-state index contributed by atoms with van der Waals surface area (Å²) in [5, 5.41) is 8.87. The number of ether oxygens (including phenoxy) is 2. The van der Waals surface area contributed by atoms with Gasteiger partial charge in [-0.05, 0) is 0 Å². The number of carbonyl (C=O) groups is 1. The van der Waals surface area contributed by atoms with Gasteiger partial charge < -0.3 is 20.3 Å². The average Bonchev–Trinajstić information content (AvgIpc) is 2.18. The van der Waals surface area contributed by atoms with E-state index < -0.39 is 5.97 Å². The van der Waals surface area contributed by atoms with Gasteiger partial charge in [0.2, 0.25) is 0 Å². The zero-order valence-electron chi connectivity index (χ0n) is 8.20. The minimum Gasteiger partial charge on any atom is -0.495 e. The van der Waals surface area contributed by atoms with Crippen molar-refractivity contribution in [1.29, 1.82) is 0 Å². The fourth-order valence-corrected chi connectivity index (χ4v) is 1.47. The standard InChI is InChI=1S/C9H10ClNO4/c1-14-4-3-5(15-2)8(11)6(7(4)10)9(12)13/h3H,11H2,1-2H3,(H,12,13). The summed E-state index contributed by atoms with van der Waals surface area (Å²) in [6.07, 6.45) is 0. The molecule has 0 fully saturated rings. The Morgan fingerprint density at radius 2 is 1.93 bits per heavy atom. The Balaban J connectivity index is 3.53. The predicted molar refractivity (Wildman–Crippen MR) is 55.9 cm³/mol. The quantitative estimate of drug-likeness (QED) is 0.773. The minimum atomic E-state index is -1.23. The van der Waals surface area contributed by atoms with Crippen LogP contribution in [0.1, 0.15) is 10.4 Å². The molecule has 0 saturated heterocycles. The van der Waals surface area contributed by atoms with Crippen molar-refractivity contribution in [1.82, 2.24) is 0 Å². The first-order valence-electron chi connectivity index (χ1n) is 3.96. The lowest BCUT2D eigenvalue weighted by Crippen LogP contribution is -2.06. The highest BCUT2D eigenvalue weighted by Crippen LogP contribution is 2.38. The Kier molecular flexibility index (Phi) is 3.26. The first-order chi connectivity index (χ1) is 7.02. The maximum atomic E-state index is 10.9. The number of benzene rings is 1. The van der Waals surface area contributed by atoms with Crippen LogP contribution in [0.5, 0.6) is 11.5 Å². The van der Waals surface area contributed by atoms with E-state index in [9.17, 15) is 4.79 Å². The number of methoxy groups -OCH3 is 2. The van der Waals surface area contributed by atoms with E-state index in [4.69, 9.17) is 31.9 Å². The molecule has 0 heterocycles. The number of halogens is 1. The summed E-state index contributed by atoms with van der Waals surface area (Å²) in [6, 6.07) is 1.43. The maximum Gasteiger partial charge on any atom is 0.339 e. The zero-order valence-corrected chi connectivity index (χ0v) is 8.96. The van der Waals surface area contributed by atoms with Gasteiger partial charge in [0.25, 0.3) is 0 Å². The van der Waals surface area contributed by atoms with Gasteiger partial charge in [-0.25, -0.2) is 4.79 Å². The third-order valence-corrected chi connectivity index (χ3v) is 2.26. The molecule has 6 heteroatoms. The number of hydrogen-bond acceptors (Lipinski definition) is 4. The van der Waals surface area contributed by atoms with Crippen LogP contribution in [0, 0.1) is 0 Å². The molecule has 0 aromatic heterocycles. The van der Waals surface area contributed by atoms with Crippen molar-refractivity contribution in [2.75, 3.05) is 20.0 Å². The van der Waals surface area contributed by atoms with Crippen molar-refractivity contribution in [3.05, 3.63) is 16.7 Å². The predicted octanol–water partition coefficient (Wildman–Crippen LogP) is 1.64. The summed E-state index contributed by atoms with van der Waals surface area (Å²) in [4.78, 5) is 10.9. The largest absolute Gasteiger partial charge is 0.495 e. The highest BCUT2D eigenvalue weighted by Gasteiger charge is 2.21. The summed E-state index contributed by atoms with van der Waals surface area (Å²) in [6.45, 7) is 0. The molecule has 0 bridgehead atoms. The van der Waals surface area contributed by atoms with Crippen LogP contribution >= 0.6 is 11.6 Å². The van der Waals surface area contributed by atoms with Gasteiger partial charge in [-0.15, -0.1) is 0 Å². The van der Waals surface area contributed by atoms with Crippen molar-refractivity contribution < 1.29 is 19.4 Å². The van der Waals surface area contributed by atoms with Crippen LogP contribution in [0.15, 0.2) is 6.07 Å². The van der Waals surface area contributed by atoms with Crippen LogP contribution in [0.3, 0.4) is 0 Å². The number of aromatic carboxylic acids is 1. The van der Waals surface area contributed by atoms with Gasteiger partial charge in [0, 0.05) is 6.07 Å². The summed E-state index contributed by atoms with van der Waals surface area (Å²) >= 11 is 5.80. The molecule has 0 saturated carbocycles. The van der Waals surface area contributed by atoms with E-state index in [2.05, 4.69) is 0 Å². The molecule has 3 N–H and O–H groups in total. The molecule has 0 unspecified atom stereocenters. The van der Waals surface area contributed by atoms with E-state index in [1.165, 1.54) is 20.3 Å². The molecule has 82 valence electrons. The molecular formula is C9H10ClNO4. The molecule has 0 aliphatic carbocycles. The summed E-state index contributed by atoms with van der Waals surface area (Å²) in [5.74, 6) is -0.802. The summed E-state index contributed by atoms with van der Waals surface area (Å²) < 4.78 is 9.81. The van der Waals surface area contributed by atoms with Crippen molar-refractivity contribution in [2.24, 2.45) is 0 Å². The first kappa shape index (κ1) is 11.5. The van der Waals surface area contributed by atoms with Crippen molar-refractivity contribution in [3.8, 4) is 11.5 Å². The number of carboxylic acid groups (broad SMARTS) is 1. The summed E-state index contributed by atoms with van der Waals surface area (Å²) in [7, 11) is 2.76. The van der Waals surface area contributed by atoms with Crippen molar-refractivity contribution >= 4 is 23.3 Å². The SMILES string of the molecule is COc1cc(OC)c(Cl)c(C(=O)O)c1N. The molecule has 0 aliphatic heterocycles. The molecule has 0 aliphatic rings. The maximum absolute atomic E-state index is 10.9. The molecule has 1 rings (SSSR count). The van der Waals surface area contributed by atoms with E-state index in [1.54, 1.807) is 0 Å². The number of rotatable bonds is 3. The Morgan fingerprint density at radius 3 is 2.33 bits per heavy atom. The minimum absolute atomic E-state index is 0.0178. The van der Waals surface area contributed by atoms with Gasteiger partial charge in [0.15, 0.2) is 0 Å². The van der Waals surface area contributed by atoms with Crippen LogP contribution in [0.25, 0.3) is 0 Å². The van der Waals surface area contributed by atoms with Gasteiger partial charge in [-0.2, -0.15) is 0 Å². The van der Waals surface area contributed by atoms with Gasteiger partial charge in [0.05, 0.1) is 24.9 Å². The number of nitrogens with two attached hydrogens (primary N) is 1. The van der Waals surface area contributed by atoms with Gasteiger partial charge >= 0.3 is 5.97 Å². The second-order valence-electron chi connectivity index (χ2n) is 2.69. The van der Waals surface area contributed by atoms with E-state index >= 15 is 0 Å². The number of hydrogen-bond donors (Lipinski definition) is 2. The molecule has 1 aromatic rings. The highest BCUT2D eigenvalue weighted by molar-refractivity contribution is 6.35. The molecule has 0 amide bonds. The first-order valence-corrected chi connectivity index (χ1v) is 4.34. The van der Waals surface area contributed by atoms with Crippen LogP contribution in [-0.4, -0.2) is 25.3 Å². The van der Waals surface area contributed by atoms with Crippen LogP contribution in [-0.2, 0) is 0 Å². The van der Waals surface area contributed by atoms with Crippen LogP contribution in [0.4, 0.5) is 5.69 Å². The number of anilines is 1. The van der Waals surface area contributed by atoms with E-state index in [0.717, 1.165) is 0 Å². The second-order valence-corrected chi connectivity index (χ2v) is 3.07. The van der Waals surface area contributed by atoms with Gasteiger partial charge in [-0.1, -0.05) is 11.6 Å². The van der Waals surface area contributed by atoms with Crippen LogP contribution in [0.2, 0.25) is 5.02 Å². The van der Waals surface area contributed by atoms with Crippen molar-refractivity contribution in [2.45, 2.75) is 0 Å². The Morgan fingerprint density at radius 1 is 1.40 bits per heavy atom. The molecule has 0 spiro atoms. The fourth-order valence-electron chi connectivity index (χ4n) is 1.15. The fraction of sp³-hybridized carbons (Fsp3) is 0.222. The third-order valence-electron chi connectivity index (χ3n) is 1.89. The lowest BCUT2D eigenvalue weighted by Gasteiger charge is -2.12. The van der Waals surface area contributed by atoms with E-state index in [0.29, 0.717) is 0 Å². The lowest BCUT2D eigenvalue weighted by molar-refractivity contribution is 0.0697. The Hall–Kier alpha value is -1.62. The lowest BCUT2D eigenvalue weighted by atomic mass is 10.1. The molecule has 0 radical (unpaired) electrons. The third kappa shape index (κ3) is 1.92. The van der Waals surface area contributed by atoms with E-state index in [-0.39, 0.29) is 27.8 Å². The van der Waals surface area contributed by atoms with Gasteiger partial charge in [0.1, 0.15) is 17.1 Å². The average molecular weight is 232 g/mol. The molecule has 5 nitrogen and oxygen atoms in total. The number of carboxylic acids is 1. The Labute approximate surface area is 91.4 Å². The normalized spacial score (nSPS) is 9.80. The zero-order chi connectivity index (χ0) is 11.6. The molecular weight excluding hydrogens is 222 g/mol. The Bertz CT molecular complexity index is 377. The van der Waals surface area contributed by atoms with E-state index in [1.807, 2.05) is 0 Å². The van der Waals surface area contributed by atoms with Gasteiger partial charge in [-0.3, -0.25) is 0 Å².